The Hall–Kier alpha value is -0.750. The summed E-state index contributed by atoms with van der Waals surface area (Å²) in [6.07, 6.45) is 0. The van der Waals surface area contributed by atoms with Crippen LogP contribution in [0.4, 0.5) is 13.2 Å². The van der Waals surface area contributed by atoms with E-state index < -0.39 is 30.1 Å². The topological polar surface area (TPSA) is 46.2 Å². The van der Waals surface area contributed by atoms with Crippen molar-refractivity contribution in [2.45, 2.75) is 6.04 Å². The molecule has 0 spiro atoms. The van der Waals surface area contributed by atoms with E-state index in [1.54, 1.807) is 0 Å². The van der Waals surface area contributed by atoms with E-state index in [4.69, 9.17) is 10.8 Å². The van der Waals surface area contributed by atoms with E-state index >= 15 is 0 Å². The summed E-state index contributed by atoms with van der Waals surface area (Å²) < 4.78 is 37.7. The van der Waals surface area contributed by atoms with Crippen molar-refractivity contribution in [1.29, 1.82) is 0 Å². The molecule has 0 unspecified atom stereocenters. The molecule has 0 aliphatic heterocycles. The van der Waals surface area contributed by atoms with E-state index in [0.717, 1.165) is 6.07 Å². The highest BCUT2D eigenvalue weighted by atomic mass is 79.9. The second-order valence-corrected chi connectivity index (χ2v) is 3.54. The van der Waals surface area contributed by atoms with Crippen LogP contribution in [0, 0.1) is 11.6 Å². The molecule has 0 aliphatic rings. The highest BCUT2D eigenvalue weighted by Crippen LogP contribution is 2.32. The Bertz CT molecular complexity index is 359. The minimum atomic E-state index is -1.43. The van der Waals surface area contributed by atoms with Gasteiger partial charge in [0.1, 0.15) is 6.67 Å². The highest BCUT2D eigenvalue weighted by Gasteiger charge is 2.20. The molecule has 0 amide bonds. The van der Waals surface area contributed by atoms with Gasteiger partial charge in [-0.25, -0.2) is 8.78 Å². The van der Waals surface area contributed by atoms with Gasteiger partial charge < -0.3 is 10.8 Å². The first-order chi connectivity index (χ1) is 6.49. The number of hydrogen-bond donors (Lipinski definition) is 2. The molecule has 1 aromatic carbocycles. The number of rotatable bonds is 2. The van der Waals surface area contributed by atoms with Gasteiger partial charge in [0.15, 0.2) is 11.6 Å². The lowest BCUT2D eigenvalue weighted by Crippen LogP contribution is -2.13. The molecule has 1 rings (SSSR count). The highest BCUT2D eigenvalue weighted by molar-refractivity contribution is 9.10. The smallest absolute Gasteiger partial charge is 0.201 e. The van der Waals surface area contributed by atoms with E-state index in [-0.39, 0.29) is 10.0 Å². The van der Waals surface area contributed by atoms with Crippen LogP contribution in [-0.2, 0) is 0 Å². The third-order valence-electron chi connectivity index (χ3n) is 1.73. The molecule has 6 heteroatoms. The summed E-state index contributed by atoms with van der Waals surface area (Å²) in [5.41, 5.74) is 5.07. The maximum absolute atomic E-state index is 12.9. The standard InChI is InChI=1S/C8H7BrF3NO/c9-4-1-3(5(13)2-10)8(14)7(12)6(4)11/h1,5,14H,2,13H2/t5-/m1/s1. The molecule has 78 valence electrons. The van der Waals surface area contributed by atoms with Gasteiger partial charge >= 0.3 is 0 Å². The van der Waals surface area contributed by atoms with Gasteiger partial charge in [-0.2, -0.15) is 4.39 Å². The van der Waals surface area contributed by atoms with Crippen molar-refractivity contribution in [3.63, 3.8) is 0 Å². The van der Waals surface area contributed by atoms with Gasteiger partial charge in [0, 0.05) is 5.56 Å². The van der Waals surface area contributed by atoms with Crippen molar-refractivity contribution in [3.8, 4) is 5.75 Å². The molecular weight excluding hydrogens is 263 g/mol. The zero-order chi connectivity index (χ0) is 10.9. The molecule has 0 saturated heterocycles. The molecule has 14 heavy (non-hydrogen) atoms. The van der Waals surface area contributed by atoms with Crippen molar-refractivity contribution in [1.82, 2.24) is 0 Å². The largest absolute Gasteiger partial charge is 0.505 e. The molecule has 0 heterocycles. The van der Waals surface area contributed by atoms with E-state index in [1.807, 2.05) is 0 Å². The lowest BCUT2D eigenvalue weighted by molar-refractivity contribution is 0.380. The third kappa shape index (κ3) is 1.85. The normalized spacial score (nSPS) is 12.9. The number of phenols is 1. The lowest BCUT2D eigenvalue weighted by Gasteiger charge is -2.11. The van der Waals surface area contributed by atoms with Crippen LogP contribution >= 0.6 is 15.9 Å². The zero-order valence-electron chi connectivity index (χ0n) is 6.90. The van der Waals surface area contributed by atoms with Gasteiger partial charge in [-0.3, -0.25) is 0 Å². The summed E-state index contributed by atoms with van der Waals surface area (Å²) in [6.45, 7) is -0.967. The summed E-state index contributed by atoms with van der Waals surface area (Å²) in [4.78, 5) is 0. The predicted molar refractivity (Wildman–Crippen MR) is 48.6 cm³/mol. The monoisotopic (exact) mass is 269 g/mol. The Balaban J connectivity index is 3.33. The van der Waals surface area contributed by atoms with Crippen LogP contribution in [0.5, 0.6) is 5.75 Å². The van der Waals surface area contributed by atoms with Crippen LogP contribution in [0.25, 0.3) is 0 Å². The van der Waals surface area contributed by atoms with Gasteiger partial charge in [0.05, 0.1) is 10.5 Å². The molecule has 1 aromatic rings. The Labute approximate surface area is 86.7 Å². The summed E-state index contributed by atoms with van der Waals surface area (Å²) in [7, 11) is 0. The SMILES string of the molecule is N[C@H](CF)c1cc(Br)c(F)c(F)c1O. The number of halogens is 4. The summed E-state index contributed by atoms with van der Waals surface area (Å²) >= 11 is 2.72. The van der Waals surface area contributed by atoms with Crippen LogP contribution in [0.2, 0.25) is 0 Å². The van der Waals surface area contributed by atoms with Crippen molar-refractivity contribution in [2.75, 3.05) is 6.67 Å². The van der Waals surface area contributed by atoms with Crippen molar-refractivity contribution >= 4 is 15.9 Å². The first-order valence-electron chi connectivity index (χ1n) is 3.67. The number of nitrogens with two attached hydrogens (primary N) is 1. The number of aromatic hydroxyl groups is 1. The quantitative estimate of drug-likeness (QED) is 0.810. The fourth-order valence-corrected chi connectivity index (χ4v) is 1.39. The summed E-state index contributed by atoms with van der Waals surface area (Å²) in [5, 5.41) is 9.12. The average molecular weight is 270 g/mol. The maximum atomic E-state index is 12.9. The van der Waals surface area contributed by atoms with Gasteiger partial charge in [0.25, 0.3) is 0 Å². The van der Waals surface area contributed by atoms with Crippen molar-refractivity contribution in [2.24, 2.45) is 5.73 Å². The number of phenolic OH excluding ortho intramolecular Hbond substituents is 1. The molecule has 0 saturated carbocycles. The van der Waals surface area contributed by atoms with E-state index in [2.05, 4.69) is 15.9 Å². The van der Waals surface area contributed by atoms with Crippen molar-refractivity contribution in [3.05, 3.63) is 27.7 Å². The molecule has 1 atom stereocenters. The molecule has 0 aromatic heterocycles. The summed E-state index contributed by atoms with van der Waals surface area (Å²) in [6, 6.07) is -0.112. The zero-order valence-corrected chi connectivity index (χ0v) is 8.48. The number of alkyl halides is 1. The fraction of sp³-hybridized carbons (Fsp3) is 0.250. The average Bonchev–Trinajstić information content (AvgIpc) is 2.19. The third-order valence-corrected chi connectivity index (χ3v) is 2.31. The molecule has 0 aliphatic carbocycles. The molecule has 0 radical (unpaired) electrons. The molecule has 2 nitrogen and oxygen atoms in total. The van der Waals surface area contributed by atoms with Crippen LogP contribution < -0.4 is 5.73 Å². The lowest BCUT2D eigenvalue weighted by atomic mass is 10.1. The Morgan fingerprint density at radius 2 is 2.00 bits per heavy atom. The van der Waals surface area contributed by atoms with Crippen LogP contribution in [-0.4, -0.2) is 11.8 Å². The van der Waals surface area contributed by atoms with Crippen LogP contribution in [0.15, 0.2) is 10.5 Å². The molecule has 3 N–H and O–H groups in total. The van der Waals surface area contributed by atoms with E-state index in [9.17, 15) is 13.2 Å². The first kappa shape index (κ1) is 11.3. The van der Waals surface area contributed by atoms with Gasteiger partial charge in [-0.1, -0.05) is 0 Å². The molecule has 0 bridgehead atoms. The van der Waals surface area contributed by atoms with Crippen molar-refractivity contribution < 1.29 is 18.3 Å². The van der Waals surface area contributed by atoms with Gasteiger partial charge in [0.2, 0.25) is 5.82 Å². The van der Waals surface area contributed by atoms with E-state index in [1.165, 1.54) is 0 Å². The van der Waals surface area contributed by atoms with Crippen LogP contribution in [0.3, 0.4) is 0 Å². The Morgan fingerprint density at radius 3 is 2.50 bits per heavy atom. The van der Waals surface area contributed by atoms with Gasteiger partial charge in [-0.05, 0) is 22.0 Å². The second-order valence-electron chi connectivity index (χ2n) is 2.68. The fourth-order valence-electron chi connectivity index (χ4n) is 0.970. The maximum Gasteiger partial charge on any atom is 0.201 e. The minimum Gasteiger partial charge on any atom is -0.505 e. The number of benzene rings is 1. The van der Waals surface area contributed by atoms with E-state index in [0.29, 0.717) is 0 Å². The molecule has 0 fully saturated rings. The summed E-state index contributed by atoms with van der Waals surface area (Å²) in [5.74, 6) is -3.61. The minimum absolute atomic E-state index is 0.168. The first-order valence-corrected chi connectivity index (χ1v) is 4.46. The second kappa shape index (κ2) is 4.18. The number of hydrogen-bond acceptors (Lipinski definition) is 2. The Morgan fingerprint density at radius 1 is 1.43 bits per heavy atom. The van der Waals surface area contributed by atoms with Crippen LogP contribution in [0.1, 0.15) is 11.6 Å². The van der Waals surface area contributed by atoms with Gasteiger partial charge in [-0.15, -0.1) is 0 Å². The molecular formula is C8H7BrF3NO. The predicted octanol–water partition coefficient (Wildman–Crippen LogP) is 2.40. The Kier molecular flexibility index (Phi) is 3.38.